The highest BCUT2D eigenvalue weighted by molar-refractivity contribution is 5.84. The summed E-state index contributed by atoms with van der Waals surface area (Å²) in [7, 11) is 1.93. The molecule has 238 valence electrons. The maximum Gasteiger partial charge on any atom is 0.490 e. The zero-order valence-corrected chi connectivity index (χ0v) is 22.7. The Morgan fingerprint density at radius 2 is 1.68 bits per heavy atom. The lowest BCUT2D eigenvalue weighted by atomic mass is 10.2. The molecule has 0 saturated carbocycles. The van der Waals surface area contributed by atoms with Gasteiger partial charge < -0.3 is 20.3 Å². The van der Waals surface area contributed by atoms with Crippen molar-refractivity contribution in [3.8, 4) is 0 Å². The first-order valence-corrected chi connectivity index (χ1v) is 12.4. The van der Waals surface area contributed by atoms with Crippen molar-refractivity contribution in [2.24, 2.45) is 7.05 Å². The molecule has 20 heteroatoms. The van der Waals surface area contributed by atoms with E-state index in [1.165, 1.54) is 11.9 Å². The number of halogens is 6. The van der Waals surface area contributed by atoms with Crippen molar-refractivity contribution in [3.63, 3.8) is 0 Å². The van der Waals surface area contributed by atoms with Gasteiger partial charge in [-0.1, -0.05) is 23.4 Å². The van der Waals surface area contributed by atoms with E-state index in [9.17, 15) is 26.3 Å². The third kappa shape index (κ3) is 10.2. The second-order valence-corrected chi connectivity index (χ2v) is 9.01. The standard InChI is InChI=1S/C20H23N9O.2C2HF3O2/c1-27-10-15(9-23-27)11-28-7-8-30-17(12-28)13-29-20-18(25-26-29)19(21-14-22-20)24-16-5-3-2-4-6-16;2*3-2(4,5)1(6)7/h2-6,9-10,14,17H,7-8,11-13H2,1H3,(H,21,22,24);2*(H,6,7). The highest BCUT2D eigenvalue weighted by Gasteiger charge is 2.38. The van der Waals surface area contributed by atoms with E-state index in [-0.39, 0.29) is 6.10 Å². The number of aliphatic carboxylic acids is 2. The molecule has 3 aromatic heterocycles. The van der Waals surface area contributed by atoms with Crippen LogP contribution in [-0.4, -0.2) is 99.9 Å². The summed E-state index contributed by atoms with van der Waals surface area (Å²) in [6.45, 7) is 3.85. The third-order valence-corrected chi connectivity index (χ3v) is 5.59. The van der Waals surface area contributed by atoms with Crippen LogP contribution in [0.1, 0.15) is 5.56 Å². The Kier molecular flexibility index (Phi) is 11.1. The molecule has 14 nitrogen and oxygen atoms in total. The summed E-state index contributed by atoms with van der Waals surface area (Å²) < 4.78 is 73.1. The molecule has 1 atom stereocenters. The van der Waals surface area contributed by atoms with Gasteiger partial charge in [-0.25, -0.2) is 24.2 Å². The third-order valence-electron chi connectivity index (χ3n) is 5.59. The van der Waals surface area contributed by atoms with Gasteiger partial charge in [0.1, 0.15) is 6.33 Å². The first kappa shape index (κ1) is 33.6. The molecule has 0 bridgehead atoms. The molecule has 1 aliphatic rings. The Labute approximate surface area is 243 Å². The van der Waals surface area contributed by atoms with Gasteiger partial charge in [-0.2, -0.15) is 31.4 Å². The minimum atomic E-state index is -5.08. The molecule has 5 rings (SSSR count). The van der Waals surface area contributed by atoms with Gasteiger partial charge in [0, 0.05) is 44.1 Å². The number of morpholine rings is 1. The quantitative estimate of drug-likeness (QED) is 0.266. The van der Waals surface area contributed by atoms with Gasteiger partial charge in [0.05, 0.1) is 25.5 Å². The zero-order valence-electron chi connectivity index (χ0n) is 22.7. The van der Waals surface area contributed by atoms with E-state index in [1.54, 1.807) is 4.68 Å². The smallest absolute Gasteiger partial charge is 0.475 e. The number of aryl methyl sites for hydroxylation is 1. The van der Waals surface area contributed by atoms with Crippen molar-refractivity contribution in [2.45, 2.75) is 31.5 Å². The van der Waals surface area contributed by atoms with Crippen LogP contribution in [0.5, 0.6) is 0 Å². The van der Waals surface area contributed by atoms with Crippen LogP contribution < -0.4 is 5.32 Å². The topological polar surface area (TPSA) is 173 Å². The second-order valence-electron chi connectivity index (χ2n) is 9.01. The minimum absolute atomic E-state index is 0.0146. The number of fused-ring (bicyclic) bond motifs is 1. The fraction of sp³-hybridized carbons (Fsp3) is 0.375. The lowest BCUT2D eigenvalue weighted by molar-refractivity contribution is -0.193. The van der Waals surface area contributed by atoms with E-state index in [0.717, 1.165) is 25.3 Å². The van der Waals surface area contributed by atoms with Crippen molar-refractivity contribution in [2.75, 3.05) is 25.0 Å². The van der Waals surface area contributed by atoms with Crippen LogP contribution in [0.2, 0.25) is 0 Å². The van der Waals surface area contributed by atoms with E-state index < -0.39 is 24.3 Å². The molecule has 1 saturated heterocycles. The fourth-order valence-corrected chi connectivity index (χ4v) is 3.70. The SMILES string of the molecule is Cn1cc(CN2CCOC(Cn3nnc4c(Nc5ccccc5)ncnc43)C2)cn1.O=C(O)C(F)(F)F.O=C(O)C(F)(F)F. The molecule has 4 heterocycles. The van der Waals surface area contributed by atoms with E-state index in [4.69, 9.17) is 24.5 Å². The molecule has 0 spiro atoms. The number of aromatic nitrogens is 7. The maximum atomic E-state index is 10.6. The monoisotopic (exact) mass is 633 g/mol. The van der Waals surface area contributed by atoms with Gasteiger partial charge in [-0.15, -0.1) is 5.10 Å². The summed E-state index contributed by atoms with van der Waals surface area (Å²) in [6, 6.07) is 9.86. The van der Waals surface area contributed by atoms with Gasteiger partial charge in [-0.3, -0.25) is 9.58 Å². The van der Waals surface area contributed by atoms with Gasteiger partial charge in [0.25, 0.3) is 0 Å². The number of para-hydroxylation sites is 1. The first-order chi connectivity index (χ1) is 20.6. The number of anilines is 2. The van der Waals surface area contributed by atoms with Crippen LogP contribution in [0, 0.1) is 0 Å². The highest BCUT2D eigenvalue weighted by Crippen LogP contribution is 2.21. The predicted molar refractivity (Wildman–Crippen MR) is 138 cm³/mol. The van der Waals surface area contributed by atoms with Crippen molar-refractivity contribution in [3.05, 3.63) is 54.6 Å². The summed E-state index contributed by atoms with van der Waals surface area (Å²) in [4.78, 5) is 28.9. The summed E-state index contributed by atoms with van der Waals surface area (Å²) in [5.41, 5.74) is 3.48. The molecule has 4 aromatic rings. The highest BCUT2D eigenvalue weighted by atomic mass is 19.4. The number of benzene rings is 1. The largest absolute Gasteiger partial charge is 0.490 e. The number of hydrogen-bond donors (Lipinski definition) is 3. The van der Waals surface area contributed by atoms with Crippen LogP contribution in [0.3, 0.4) is 0 Å². The number of hydrogen-bond acceptors (Lipinski definition) is 10. The average Bonchev–Trinajstić information content (AvgIpc) is 3.55. The Balaban J connectivity index is 0.000000317. The molecule has 3 N–H and O–H groups in total. The van der Waals surface area contributed by atoms with E-state index in [2.05, 4.69) is 35.6 Å². The number of carbonyl (C=O) groups is 2. The number of nitrogens with one attached hydrogen (secondary N) is 1. The Hall–Kier alpha value is -4.85. The summed E-state index contributed by atoms with van der Waals surface area (Å²) in [6.07, 6.45) is -4.66. The van der Waals surface area contributed by atoms with Crippen LogP contribution in [0.15, 0.2) is 49.1 Å². The number of carboxylic acid groups (broad SMARTS) is 2. The molecule has 1 aromatic carbocycles. The molecule has 0 amide bonds. The van der Waals surface area contributed by atoms with Crippen LogP contribution in [0.4, 0.5) is 37.8 Å². The molecule has 1 aliphatic heterocycles. The van der Waals surface area contributed by atoms with Gasteiger partial charge >= 0.3 is 24.3 Å². The molecule has 44 heavy (non-hydrogen) atoms. The van der Waals surface area contributed by atoms with Crippen LogP contribution in [-0.2, 0) is 34.5 Å². The Morgan fingerprint density at radius 3 is 2.25 bits per heavy atom. The predicted octanol–water partition coefficient (Wildman–Crippen LogP) is 2.87. The lowest BCUT2D eigenvalue weighted by Gasteiger charge is -2.32. The summed E-state index contributed by atoms with van der Waals surface area (Å²) in [5.74, 6) is -4.87. The average molecular weight is 634 g/mol. The number of ether oxygens (including phenoxy) is 1. The molecular formula is C24H25F6N9O5. The van der Waals surface area contributed by atoms with Crippen molar-refractivity contribution >= 4 is 34.6 Å². The van der Waals surface area contributed by atoms with Crippen molar-refractivity contribution < 1.29 is 50.9 Å². The number of carboxylic acids is 2. The van der Waals surface area contributed by atoms with Crippen LogP contribution >= 0.6 is 0 Å². The molecule has 0 radical (unpaired) electrons. The molecule has 1 fully saturated rings. The van der Waals surface area contributed by atoms with E-state index >= 15 is 0 Å². The number of rotatable bonds is 6. The van der Waals surface area contributed by atoms with E-state index in [1.807, 2.05) is 54.5 Å². The molecule has 1 unspecified atom stereocenters. The normalized spacial score (nSPS) is 15.5. The van der Waals surface area contributed by atoms with Gasteiger partial charge in [0.2, 0.25) is 0 Å². The zero-order chi connectivity index (χ0) is 32.5. The number of alkyl halides is 6. The fourth-order valence-electron chi connectivity index (χ4n) is 3.70. The van der Waals surface area contributed by atoms with Gasteiger partial charge in [0.15, 0.2) is 17.0 Å². The minimum Gasteiger partial charge on any atom is -0.475 e. The number of nitrogens with zero attached hydrogens (tertiary/aromatic N) is 8. The second kappa shape index (κ2) is 14.6. The van der Waals surface area contributed by atoms with Crippen molar-refractivity contribution in [1.29, 1.82) is 0 Å². The first-order valence-electron chi connectivity index (χ1n) is 12.4. The molecule has 0 aliphatic carbocycles. The summed E-state index contributed by atoms with van der Waals surface area (Å²) >= 11 is 0. The Bertz CT molecular complexity index is 1500. The summed E-state index contributed by atoms with van der Waals surface area (Å²) in [5, 5.41) is 30.4. The van der Waals surface area contributed by atoms with Gasteiger partial charge in [-0.05, 0) is 12.1 Å². The molecular weight excluding hydrogens is 608 g/mol. The van der Waals surface area contributed by atoms with Crippen molar-refractivity contribution in [1.82, 2.24) is 39.6 Å². The van der Waals surface area contributed by atoms with Crippen LogP contribution in [0.25, 0.3) is 11.2 Å². The Morgan fingerprint density at radius 1 is 1.05 bits per heavy atom. The lowest BCUT2D eigenvalue weighted by Crippen LogP contribution is -2.43. The maximum absolute atomic E-state index is 10.6. The van der Waals surface area contributed by atoms with E-state index in [0.29, 0.717) is 30.1 Å².